The van der Waals surface area contributed by atoms with Crippen molar-refractivity contribution in [2.45, 2.75) is 95.8 Å². The topological polar surface area (TPSA) is 136 Å². The van der Waals surface area contributed by atoms with E-state index in [1.54, 1.807) is 4.68 Å². The van der Waals surface area contributed by atoms with Crippen LogP contribution in [0.3, 0.4) is 0 Å². The molecule has 0 radical (unpaired) electrons. The number of hydrogen-bond donors (Lipinski definition) is 3. The van der Waals surface area contributed by atoms with Crippen molar-refractivity contribution in [2.24, 2.45) is 41.5 Å². The second-order valence-electron chi connectivity index (χ2n) is 17.3. The van der Waals surface area contributed by atoms with E-state index in [2.05, 4.69) is 39.4 Å². The summed E-state index contributed by atoms with van der Waals surface area (Å²) >= 11 is 0. The van der Waals surface area contributed by atoms with E-state index in [4.69, 9.17) is 14.2 Å². The summed E-state index contributed by atoms with van der Waals surface area (Å²) in [5, 5.41) is 26.0. The molecule has 12 heteroatoms. The molecule has 0 amide bonds. The zero-order chi connectivity index (χ0) is 37.2. The number of aliphatic hydroxyl groups is 1. The highest BCUT2D eigenvalue weighted by Gasteiger charge is 2.60. The molecular formula is C42H53FN6O5. The number of ether oxygens (including phenoxy) is 3. The third-order valence-electron chi connectivity index (χ3n) is 14.7. The monoisotopic (exact) mass is 740 g/mol. The van der Waals surface area contributed by atoms with Gasteiger partial charge < -0.3 is 24.6 Å². The molecule has 2 aromatic heterocycles. The van der Waals surface area contributed by atoms with Crippen molar-refractivity contribution < 1.29 is 23.7 Å². The van der Waals surface area contributed by atoms with Crippen LogP contribution in [0.25, 0.3) is 10.8 Å². The highest BCUT2D eigenvalue weighted by Crippen LogP contribution is 2.66. The minimum Gasteiger partial charge on any atom is -0.491 e. The van der Waals surface area contributed by atoms with Crippen LogP contribution in [0, 0.1) is 40.3 Å². The van der Waals surface area contributed by atoms with Crippen molar-refractivity contribution in [1.29, 1.82) is 0 Å². The maximum atomic E-state index is 14.6. The molecule has 3 heterocycles. The maximum absolute atomic E-state index is 14.6. The minimum atomic E-state index is -0.501. The predicted molar refractivity (Wildman–Crippen MR) is 202 cm³/mol. The average Bonchev–Trinajstić information content (AvgIpc) is 3.74. The van der Waals surface area contributed by atoms with Crippen molar-refractivity contribution in [3.05, 3.63) is 76.0 Å². The van der Waals surface area contributed by atoms with Gasteiger partial charge in [0, 0.05) is 18.1 Å². The van der Waals surface area contributed by atoms with E-state index in [0.29, 0.717) is 72.2 Å². The van der Waals surface area contributed by atoms with E-state index in [1.165, 1.54) is 57.0 Å². The lowest BCUT2D eigenvalue weighted by atomic mass is 9.45. The fourth-order valence-corrected chi connectivity index (χ4v) is 12.0. The summed E-state index contributed by atoms with van der Waals surface area (Å²) in [4.78, 5) is 17.1. The molecule has 288 valence electrons. The molecule has 5 aliphatic rings. The molecule has 10 atom stereocenters. The van der Waals surface area contributed by atoms with Gasteiger partial charge in [-0.3, -0.25) is 9.48 Å². The van der Waals surface area contributed by atoms with Crippen molar-refractivity contribution in [2.75, 3.05) is 31.7 Å². The Kier molecular flexibility index (Phi) is 9.29. The normalized spacial score (nSPS) is 34.2. The molecule has 4 saturated carbocycles. The molecule has 1 aliphatic heterocycles. The summed E-state index contributed by atoms with van der Waals surface area (Å²) in [5.41, 5.74) is 2.24. The van der Waals surface area contributed by atoms with Crippen LogP contribution in [-0.2, 0) is 16.5 Å². The Morgan fingerprint density at radius 1 is 0.963 bits per heavy atom. The molecule has 4 aromatic rings. The number of aromatic amines is 1. The van der Waals surface area contributed by atoms with E-state index in [-0.39, 0.29) is 22.9 Å². The number of hydrogen-bond acceptors (Lipinski definition) is 9. The zero-order valence-corrected chi connectivity index (χ0v) is 31.6. The van der Waals surface area contributed by atoms with Gasteiger partial charge in [0.25, 0.3) is 5.56 Å². The Labute approximate surface area is 315 Å². The number of nitrogens with one attached hydrogen (secondary N) is 2. The molecule has 11 nitrogen and oxygen atoms in total. The molecular weight excluding hydrogens is 687 g/mol. The molecule has 2 aromatic carbocycles. The van der Waals surface area contributed by atoms with Crippen LogP contribution in [0.2, 0.25) is 0 Å². The van der Waals surface area contributed by atoms with Crippen LogP contribution in [0.15, 0.2) is 47.5 Å². The Morgan fingerprint density at radius 2 is 1.76 bits per heavy atom. The second kappa shape index (κ2) is 14.0. The first-order chi connectivity index (χ1) is 26.1. The molecule has 54 heavy (non-hydrogen) atoms. The number of aryl methyl sites for hydroxylation is 1. The summed E-state index contributed by atoms with van der Waals surface area (Å²) in [6.45, 7) is 7.07. The second-order valence-corrected chi connectivity index (χ2v) is 17.3. The Bertz CT molecular complexity index is 2050. The van der Waals surface area contributed by atoms with Crippen LogP contribution in [-0.4, -0.2) is 68.7 Å². The number of fused-ring (bicyclic) bond motifs is 5. The third-order valence-corrected chi connectivity index (χ3v) is 14.7. The van der Waals surface area contributed by atoms with Gasteiger partial charge in [-0.25, -0.2) is 14.5 Å². The first-order valence-electron chi connectivity index (χ1n) is 20.1. The molecule has 0 saturated heterocycles. The van der Waals surface area contributed by atoms with Crippen LogP contribution in [0.1, 0.15) is 101 Å². The number of anilines is 1. The maximum Gasteiger partial charge on any atom is 0.272 e. The predicted octanol–water partition coefficient (Wildman–Crippen LogP) is 6.67. The van der Waals surface area contributed by atoms with Crippen LogP contribution < -0.4 is 15.6 Å². The summed E-state index contributed by atoms with van der Waals surface area (Å²) in [5.74, 6) is 3.52. The van der Waals surface area contributed by atoms with Crippen molar-refractivity contribution in [3.63, 3.8) is 0 Å². The molecule has 1 unspecified atom stereocenters. The van der Waals surface area contributed by atoms with Crippen LogP contribution in [0.4, 0.5) is 10.1 Å². The summed E-state index contributed by atoms with van der Waals surface area (Å²) in [6.07, 6.45) is 12.5. The van der Waals surface area contributed by atoms with E-state index < -0.39 is 17.3 Å². The molecule has 0 bridgehead atoms. The molecule has 4 aliphatic carbocycles. The van der Waals surface area contributed by atoms with Gasteiger partial charge in [0.1, 0.15) is 30.3 Å². The van der Waals surface area contributed by atoms with Gasteiger partial charge >= 0.3 is 0 Å². The number of H-pyrrole nitrogens is 1. The van der Waals surface area contributed by atoms with E-state index in [0.717, 1.165) is 42.6 Å². The first-order valence-corrected chi connectivity index (χ1v) is 20.1. The molecule has 9 rings (SSSR count). The average molecular weight is 741 g/mol. The van der Waals surface area contributed by atoms with Gasteiger partial charge in [-0.2, -0.15) is 10.2 Å². The Balaban J connectivity index is 0.773. The van der Waals surface area contributed by atoms with Gasteiger partial charge in [0.2, 0.25) is 0 Å². The van der Waals surface area contributed by atoms with Gasteiger partial charge in [0.15, 0.2) is 0 Å². The standard InChI is InChI=1S/C42H53FN6O5/c1-41-14-12-27(50)20-25(41)6-9-29-31-10-11-34(42(31,2)15-13-32(29)41)54-19-17-52-16-18-53-28-7-4-24(5-8-28)37-36(39-44-23-45-49(39)3)38-35-30(40(51)48-47-38)21-26(43)22-33(35)46-37/h4-5,7-8,21-23,25,27,29,31-32,34,36-37,46,50H,6,9-20H2,1-3H3,(H,48,51)/t25-,27?,29-,31-,32-,34-,36+,37+,41-,42-/m0/s1. The smallest absolute Gasteiger partial charge is 0.272 e. The highest BCUT2D eigenvalue weighted by molar-refractivity contribution is 5.97. The number of nitrogens with zero attached hydrogens (tertiary/aromatic N) is 4. The number of aromatic nitrogens is 5. The van der Waals surface area contributed by atoms with Crippen molar-refractivity contribution in [3.8, 4) is 5.75 Å². The van der Waals surface area contributed by atoms with Crippen molar-refractivity contribution in [1.82, 2.24) is 25.0 Å². The number of halogens is 1. The number of aliphatic hydroxyl groups excluding tert-OH is 1. The fraction of sp³-hybridized carbons (Fsp3) is 0.619. The number of benzene rings is 2. The largest absolute Gasteiger partial charge is 0.491 e. The summed E-state index contributed by atoms with van der Waals surface area (Å²) < 4.78 is 34.9. The SMILES string of the molecule is Cn1ncnc1[C@H]1c2n[nH]c(=O)c3cc(F)cc(c23)N[C@@H]1c1ccc(OCCOCCO[C@H]2CC[C@H]3[C@@H]4CC[C@H]5CC(O)CC[C@]5(C)[C@H]4CC[C@]23C)cc1. The molecule has 4 fully saturated rings. The lowest BCUT2D eigenvalue weighted by molar-refractivity contribution is -0.143. The van der Waals surface area contributed by atoms with E-state index >= 15 is 0 Å². The fourth-order valence-electron chi connectivity index (χ4n) is 12.0. The third kappa shape index (κ3) is 6.03. The van der Waals surface area contributed by atoms with Gasteiger partial charge in [-0.15, -0.1) is 0 Å². The minimum absolute atomic E-state index is 0.0900. The first kappa shape index (κ1) is 35.8. The van der Waals surface area contributed by atoms with Crippen LogP contribution in [0.5, 0.6) is 5.75 Å². The van der Waals surface area contributed by atoms with E-state index in [1.807, 2.05) is 31.3 Å². The molecule has 0 spiro atoms. The van der Waals surface area contributed by atoms with E-state index in [9.17, 15) is 14.3 Å². The molecule has 3 N–H and O–H groups in total. The Morgan fingerprint density at radius 3 is 2.57 bits per heavy atom. The van der Waals surface area contributed by atoms with Gasteiger partial charge in [0.05, 0.1) is 55.1 Å². The highest BCUT2D eigenvalue weighted by atomic mass is 19.1. The lowest BCUT2D eigenvalue weighted by Crippen LogP contribution is -2.54. The number of rotatable bonds is 10. The quantitative estimate of drug-likeness (QED) is 0.152. The van der Waals surface area contributed by atoms with Crippen molar-refractivity contribution >= 4 is 16.5 Å². The summed E-state index contributed by atoms with van der Waals surface area (Å²) in [7, 11) is 1.82. The van der Waals surface area contributed by atoms with Gasteiger partial charge in [-0.1, -0.05) is 26.0 Å². The zero-order valence-electron chi connectivity index (χ0n) is 31.6. The summed E-state index contributed by atoms with van der Waals surface area (Å²) in [6, 6.07) is 10.1. The lowest BCUT2D eigenvalue weighted by Gasteiger charge is -2.60. The Hall–Kier alpha value is -3.87. The van der Waals surface area contributed by atoms with Gasteiger partial charge in [-0.05, 0) is 122 Å². The van der Waals surface area contributed by atoms with Crippen LogP contribution >= 0.6 is 0 Å².